The van der Waals surface area contributed by atoms with Crippen molar-refractivity contribution in [3.05, 3.63) is 0 Å². The molecule has 0 bridgehead atoms. The minimum atomic E-state index is -0.194. The predicted molar refractivity (Wildman–Crippen MR) is 48.9 cm³/mol. The van der Waals surface area contributed by atoms with Gasteiger partial charge in [-0.1, -0.05) is 0 Å². The molecule has 1 rings (SSSR count). The van der Waals surface area contributed by atoms with Crippen molar-refractivity contribution in [2.45, 2.75) is 39.0 Å². The molecule has 0 spiro atoms. The largest absolute Gasteiger partial charge is 0.378 e. The average molecular weight is 180 g/mol. The van der Waals surface area contributed by atoms with E-state index in [-0.39, 0.29) is 18.6 Å². The Kier molecular flexibility index (Phi) is 4.37. The summed E-state index contributed by atoms with van der Waals surface area (Å²) in [5.41, 5.74) is 0. The van der Waals surface area contributed by atoms with E-state index in [1.165, 1.54) is 12.8 Å². The SMILES string of the molecule is CC(C)N(C)C(O)C1CC1.Cl. The molecule has 0 radical (unpaired) electrons. The van der Waals surface area contributed by atoms with Crippen LogP contribution in [0.2, 0.25) is 0 Å². The second-order valence-corrected chi connectivity index (χ2v) is 3.51. The fraction of sp³-hybridized carbons (Fsp3) is 1.00. The number of aliphatic hydroxyl groups is 1. The molecule has 1 fully saturated rings. The van der Waals surface area contributed by atoms with Crippen LogP contribution in [0.5, 0.6) is 0 Å². The predicted octanol–water partition coefficient (Wildman–Crippen LogP) is 1.48. The smallest absolute Gasteiger partial charge is 0.110 e. The lowest BCUT2D eigenvalue weighted by molar-refractivity contribution is -0.0135. The number of hydrogen-bond donors (Lipinski definition) is 1. The maximum Gasteiger partial charge on any atom is 0.110 e. The molecule has 0 aromatic carbocycles. The minimum absolute atomic E-state index is 0. The van der Waals surface area contributed by atoms with E-state index < -0.39 is 0 Å². The first-order chi connectivity index (χ1) is 4.63. The Morgan fingerprint density at radius 3 is 2.09 bits per heavy atom. The van der Waals surface area contributed by atoms with Crippen LogP contribution in [0.25, 0.3) is 0 Å². The third-order valence-corrected chi connectivity index (χ3v) is 2.28. The van der Waals surface area contributed by atoms with Gasteiger partial charge in [-0.15, -0.1) is 12.4 Å². The number of nitrogens with zero attached hydrogens (tertiary/aromatic N) is 1. The van der Waals surface area contributed by atoms with Crippen molar-refractivity contribution in [1.29, 1.82) is 0 Å². The van der Waals surface area contributed by atoms with Crippen LogP contribution < -0.4 is 0 Å². The van der Waals surface area contributed by atoms with Crippen molar-refractivity contribution in [3.8, 4) is 0 Å². The molecule has 0 heterocycles. The van der Waals surface area contributed by atoms with Gasteiger partial charge in [0.1, 0.15) is 6.23 Å². The Bertz CT molecular complexity index is 109. The first-order valence-electron chi connectivity index (χ1n) is 4.03. The summed E-state index contributed by atoms with van der Waals surface area (Å²) in [4.78, 5) is 2.03. The summed E-state index contributed by atoms with van der Waals surface area (Å²) >= 11 is 0. The lowest BCUT2D eigenvalue weighted by Crippen LogP contribution is -2.38. The van der Waals surface area contributed by atoms with Crippen LogP contribution in [0.1, 0.15) is 26.7 Å². The van der Waals surface area contributed by atoms with Crippen molar-refractivity contribution in [1.82, 2.24) is 4.90 Å². The van der Waals surface area contributed by atoms with Crippen molar-refractivity contribution in [3.63, 3.8) is 0 Å². The highest BCUT2D eigenvalue weighted by Gasteiger charge is 2.32. The highest BCUT2D eigenvalue weighted by atomic mass is 35.5. The number of rotatable bonds is 3. The molecule has 0 aliphatic heterocycles. The molecule has 2 nitrogen and oxygen atoms in total. The van der Waals surface area contributed by atoms with Gasteiger partial charge in [0.25, 0.3) is 0 Å². The molecule has 1 aliphatic carbocycles. The van der Waals surface area contributed by atoms with E-state index in [9.17, 15) is 5.11 Å². The van der Waals surface area contributed by atoms with Crippen LogP contribution in [0, 0.1) is 5.92 Å². The molecular weight excluding hydrogens is 162 g/mol. The zero-order chi connectivity index (χ0) is 7.72. The van der Waals surface area contributed by atoms with Crippen molar-refractivity contribution >= 4 is 12.4 Å². The van der Waals surface area contributed by atoms with E-state index in [0.717, 1.165) is 0 Å². The standard InChI is InChI=1S/C8H17NO.ClH/c1-6(2)9(3)8(10)7-4-5-7;/h6-8,10H,4-5H2,1-3H3;1H. The van der Waals surface area contributed by atoms with Gasteiger partial charge in [-0.3, -0.25) is 4.90 Å². The number of halogens is 1. The molecule has 0 aromatic heterocycles. The molecule has 0 amide bonds. The second kappa shape index (κ2) is 4.29. The van der Waals surface area contributed by atoms with E-state index in [1.54, 1.807) is 0 Å². The average Bonchev–Trinajstić information content (AvgIpc) is 2.65. The topological polar surface area (TPSA) is 23.5 Å². The van der Waals surface area contributed by atoms with Gasteiger partial charge in [-0.25, -0.2) is 0 Å². The van der Waals surface area contributed by atoms with Crippen molar-refractivity contribution < 1.29 is 5.11 Å². The van der Waals surface area contributed by atoms with Gasteiger partial charge in [0.05, 0.1) is 0 Å². The molecular formula is C8H18ClNO. The van der Waals surface area contributed by atoms with E-state index in [1.807, 2.05) is 11.9 Å². The highest BCUT2D eigenvalue weighted by molar-refractivity contribution is 5.85. The summed E-state index contributed by atoms with van der Waals surface area (Å²) in [7, 11) is 1.98. The summed E-state index contributed by atoms with van der Waals surface area (Å²) in [5, 5.41) is 9.55. The van der Waals surface area contributed by atoms with Crippen molar-refractivity contribution in [2.75, 3.05) is 7.05 Å². The van der Waals surface area contributed by atoms with Gasteiger partial charge in [-0.05, 0) is 39.7 Å². The van der Waals surface area contributed by atoms with Gasteiger partial charge in [0.2, 0.25) is 0 Å². The highest BCUT2D eigenvalue weighted by Crippen LogP contribution is 2.33. The van der Waals surface area contributed by atoms with Crippen LogP contribution in [-0.4, -0.2) is 29.3 Å². The molecule has 1 unspecified atom stereocenters. The second-order valence-electron chi connectivity index (χ2n) is 3.51. The molecule has 68 valence electrons. The van der Waals surface area contributed by atoms with Crippen molar-refractivity contribution in [2.24, 2.45) is 5.92 Å². The Morgan fingerprint density at radius 2 is 1.82 bits per heavy atom. The van der Waals surface area contributed by atoms with E-state index in [4.69, 9.17) is 0 Å². The summed E-state index contributed by atoms with van der Waals surface area (Å²) in [5.74, 6) is 0.562. The van der Waals surface area contributed by atoms with Gasteiger partial charge in [0.15, 0.2) is 0 Å². The molecule has 1 saturated carbocycles. The summed E-state index contributed by atoms with van der Waals surface area (Å²) < 4.78 is 0. The Labute approximate surface area is 75.0 Å². The molecule has 1 aliphatic rings. The van der Waals surface area contributed by atoms with Crippen LogP contribution in [0.15, 0.2) is 0 Å². The first kappa shape index (κ1) is 11.2. The molecule has 1 N–H and O–H groups in total. The zero-order valence-corrected chi connectivity index (χ0v) is 8.27. The maximum absolute atomic E-state index is 9.55. The molecule has 11 heavy (non-hydrogen) atoms. The molecule has 1 atom stereocenters. The van der Waals surface area contributed by atoms with Crippen LogP contribution in [-0.2, 0) is 0 Å². The lowest BCUT2D eigenvalue weighted by Gasteiger charge is -2.26. The third kappa shape index (κ3) is 2.97. The first-order valence-corrected chi connectivity index (χ1v) is 4.03. The molecule has 0 saturated heterocycles. The van der Waals surface area contributed by atoms with Gasteiger partial charge < -0.3 is 5.11 Å². The van der Waals surface area contributed by atoms with Crippen LogP contribution >= 0.6 is 12.4 Å². The number of hydrogen-bond acceptors (Lipinski definition) is 2. The normalized spacial score (nSPS) is 20.2. The van der Waals surface area contributed by atoms with E-state index >= 15 is 0 Å². The summed E-state index contributed by atoms with van der Waals surface area (Å²) in [6, 6.07) is 0.454. The molecule has 3 heteroatoms. The van der Waals surface area contributed by atoms with Gasteiger partial charge in [-0.2, -0.15) is 0 Å². The molecule has 0 aromatic rings. The summed E-state index contributed by atoms with van der Waals surface area (Å²) in [6.45, 7) is 4.21. The van der Waals surface area contributed by atoms with Gasteiger partial charge in [0, 0.05) is 6.04 Å². The van der Waals surface area contributed by atoms with Crippen LogP contribution in [0.4, 0.5) is 0 Å². The fourth-order valence-electron chi connectivity index (χ4n) is 1.03. The maximum atomic E-state index is 9.55. The Morgan fingerprint density at radius 1 is 1.36 bits per heavy atom. The Balaban J connectivity index is 0.000001000. The lowest BCUT2D eigenvalue weighted by atomic mass is 10.2. The van der Waals surface area contributed by atoms with Crippen LogP contribution in [0.3, 0.4) is 0 Å². The Hall–Kier alpha value is 0.210. The fourth-order valence-corrected chi connectivity index (χ4v) is 1.03. The third-order valence-electron chi connectivity index (χ3n) is 2.28. The van der Waals surface area contributed by atoms with E-state index in [2.05, 4.69) is 13.8 Å². The number of aliphatic hydroxyl groups excluding tert-OH is 1. The summed E-state index contributed by atoms with van der Waals surface area (Å²) in [6.07, 6.45) is 2.22. The quantitative estimate of drug-likeness (QED) is 0.664. The van der Waals surface area contributed by atoms with E-state index in [0.29, 0.717) is 12.0 Å². The zero-order valence-electron chi connectivity index (χ0n) is 7.45. The van der Waals surface area contributed by atoms with Gasteiger partial charge >= 0.3 is 0 Å². The monoisotopic (exact) mass is 179 g/mol. The minimum Gasteiger partial charge on any atom is -0.378 e.